The van der Waals surface area contributed by atoms with E-state index in [1.54, 1.807) is 7.11 Å². The second-order valence-corrected chi connectivity index (χ2v) is 10.3. The Hall–Kier alpha value is -3.19. The number of benzene rings is 2. The lowest BCUT2D eigenvalue weighted by Gasteiger charge is -2.46. The van der Waals surface area contributed by atoms with Gasteiger partial charge in [0.15, 0.2) is 0 Å². The molecule has 0 amide bonds. The Morgan fingerprint density at radius 3 is 2.58 bits per heavy atom. The molecule has 1 spiro atoms. The monoisotopic (exact) mass is 482 g/mol. The Morgan fingerprint density at radius 2 is 1.89 bits per heavy atom. The Bertz CT molecular complexity index is 1360. The van der Waals surface area contributed by atoms with Gasteiger partial charge in [-0.15, -0.1) is 0 Å². The van der Waals surface area contributed by atoms with Gasteiger partial charge < -0.3 is 19.7 Å². The molecule has 2 aliphatic rings. The molecule has 6 rings (SSSR count). The van der Waals surface area contributed by atoms with Crippen LogP contribution >= 0.6 is 0 Å². The summed E-state index contributed by atoms with van der Waals surface area (Å²) in [5, 5.41) is 15.1. The van der Waals surface area contributed by atoms with Crippen molar-refractivity contribution >= 4 is 10.9 Å². The molecule has 1 fully saturated rings. The van der Waals surface area contributed by atoms with Crippen LogP contribution in [0.1, 0.15) is 35.7 Å². The molecular weight excluding hydrogens is 448 g/mol. The molecular formula is C30H34N4O2. The van der Waals surface area contributed by atoms with E-state index in [1.807, 2.05) is 18.3 Å². The van der Waals surface area contributed by atoms with Crippen molar-refractivity contribution in [3.63, 3.8) is 0 Å². The minimum absolute atomic E-state index is 0.0373. The zero-order valence-corrected chi connectivity index (χ0v) is 21.1. The highest BCUT2D eigenvalue weighted by Gasteiger charge is 2.44. The van der Waals surface area contributed by atoms with Crippen molar-refractivity contribution in [3.05, 3.63) is 83.7 Å². The highest BCUT2D eigenvalue weighted by Crippen LogP contribution is 2.47. The van der Waals surface area contributed by atoms with E-state index in [0.717, 1.165) is 56.0 Å². The van der Waals surface area contributed by atoms with Crippen LogP contribution in [0.4, 0.5) is 0 Å². The molecule has 186 valence electrons. The van der Waals surface area contributed by atoms with Crippen molar-refractivity contribution in [1.82, 2.24) is 19.8 Å². The highest BCUT2D eigenvalue weighted by molar-refractivity contribution is 5.88. The summed E-state index contributed by atoms with van der Waals surface area (Å²) in [6, 6.07) is 21.2. The van der Waals surface area contributed by atoms with Crippen molar-refractivity contribution in [2.45, 2.75) is 30.8 Å². The minimum atomic E-state index is -0.0373. The number of nitrogens with zero attached hydrogens (tertiary/aromatic N) is 3. The molecule has 0 bridgehead atoms. The summed E-state index contributed by atoms with van der Waals surface area (Å²) in [6.45, 7) is 4.08. The van der Waals surface area contributed by atoms with E-state index < -0.39 is 0 Å². The minimum Gasteiger partial charge on any atom is -0.497 e. The Balaban J connectivity index is 1.23. The van der Waals surface area contributed by atoms with Crippen LogP contribution in [-0.4, -0.2) is 52.9 Å². The van der Waals surface area contributed by atoms with Crippen LogP contribution in [0.5, 0.6) is 5.75 Å². The lowest BCUT2D eigenvalue weighted by atomic mass is 9.69. The molecule has 0 unspecified atom stereocenters. The first-order valence-corrected chi connectivity index (χ1v) is 12.9. The number of aliphatic hydroxyl groups excluding tert-OH is 1. The van der Waals surface area contributed by atoms with E-state index in [0.29, 0.717) is 0 Å². The van der Waals surface area contributed by atoms with Crippen LogP contribution in [0, 0.1) is 0 Å². The Kier molecular flexibility index (Phi) is 6.04. The molecule has 2 aromatic carbocycles. The Labute approximate surface area is 212 Å². The summed E-state index contributed by atoms with van der Waals surface area (Å²) in [5.41, 5.74) is 7.42. The average molecular weight is 483 g/mol. The summed E-state index contributed by atoms with van der Waals surface area (Å²) >= 11 is 0. The van der Waals surface area contributed by atoms with E-state index in [2.05, 4.69) is 75.3 Å². The summed E-state index contributed by atoms with van der Waals surface area (Å²) in [6.07, 6.45) is 4.04. The standard InChI is InChI=1S/C30H34N4O2/c1-33-27-17-23(36-2)10-11-24(27)28-29(33)26(19-35)32-20-30(28)12-15-34(16-13-30)18-21-6-8-22(9-7-21)25-5-3-4-14-31-25/h3-11,14,17,26,32,35H,12-13,15-16,18-20H2,1-2H3/t26-/m1/s1. The van der Waals surface area contributed by atoms with Crippen LogP contribution in [0.3, 0.4) is 0 Å². The van der Waals surface area contributed by atoms with Gasteiger partial charge in [-0.1, -0.05) is 30.3 Å². The van der Waals surface area contributed by atoms with E-state index in [-0.39, 0.29) is 18.1 Å². The largest absolute Gasteiger partial charge is 0.497 e. The normalized spacial score (nSPS) is 19.5. The van der Waals surface area contributed by atoms with Crippen molar-refractivity contribution < 1.29 is 9.84 Å². The number of piperidine rings is 1. The van der Waals surface area contributed by atoms with Gasteiger partial charge in [-0.25, -0.2) is 0 Å². The first-order valence-electron chi connectivity index (χ1n) is 12.9. The number of likely N-dealkylation sites (tertiary alicyclic amines) is 1. The number of methoxy groups -OCH3 is 1. The van der Waals surface area contributed by atoms with E-state index in [9.17, 15) is 5.11 Å². The maximum absolute atomic E-state index is 10.2. The molecule has 2 aromatic heterocycles. The van der Waals surface area contributed by atoms with Crippen molar-refractivity contribution in [2.75, 3.05) is 33.4 Å². The number of aromatic nitrogens is 2. The van der Waals surface area contributed by atoms with Gasteiger partial charge in [-0.2, -0.15) is 0 Å². The topological polar surface area (TPSA) is 62.6 Å². The fourth-order valence-corrected chi connectivity index (χ4v) is 6.32. The van der Waals surface area contributed by atoms with E-state index in [1.165, 1.54) is 27.7 Å². The first-order chi connectivity index (χ1) is 17.6. The molecule has 4 aromatic rings. The lowest BCUT2D eigenvalue weighted by molar-refractivity contribution is 0.131. The number of aryl methyl sites for hydroxylation is 1. The molecule has 0 aliphatic carbocycles. The summed E-state index contributed by atoms with van der Waals surface area (Å²) in [4.78, 5) is 7.04. The molecule has 0 saturated carbocycles. The summed E-state index contributed by atoms with van der Waals surface area (Å²) < 4.78 is 7.78. The van der Waals surface area contributed by atoms with Crippen molar-refractivity contribution in [2.24, 2.45) is 7.05 Å². The van der Waals surface area contributed by atoms with Crippen LogP contribution < -0.4 is 10.1 Å². The van der Waals surface area contributed by atoms with Gasteiger partial charge in [-0.3, -0.25) is 9.88 Å². The fraction of sp³-hybridized carbons (Fsp3) is 0.367. The van der Waals surface area contributed by atoms with Crippen molar-refractivity contribution in [1.29, 1.82) is 0 Å². The number of nitrogens with one attached hydrogen (secondary N) is 1. The van der Waals surface area contributed by atoms with Gasteiger partial charge in [-0.05, 0) is 61.3 Å². The molecule has 2 aliphatic heterocycles. The molecule has 1 saturated heterocycles. The molecule has 1 atom stereocenters. The van der Waals surface area contributed by atoms with Gasteiger partial charge in [0, 0.05) is 54.5 Å². The predicted octanol–water partition coefficient (Wildman–Crippen LogP) is 4.42. The number of aliphatic hydroxyl groups is 1. The number of ether oxygens (including phenoxy) is 1. The summed E-state index contributed by atoms with van der Waals surface area (Å²) in [7, 11) is 3.83. The zero-order valence-electron chi connectivity index (χ0n) is 21.1. The van der Waals surface area contributed by atoms with Gasteiger partial charge >= 0.3 is 0 Å². The van der Waals surface area contributed by atoms with Gasteiger partial charge in [0.25, 0.3) is 0 Å². The molecule has 6 heteroatoms. The molecule has 0 radical (unpaired) electrons. The second kappa shape index (κ2) is 9.36. The number of pyridine rings is 1. The average Bonchev–Trinajstić information content (AvgIpc) is 3.24. The smallest absolute Gasteiger partial charge is 0.120 e. The third-order valence-electron chi connectivity index (χ3n) is 8.32. The molecule has 36 heavy (non-hydrogen) atoms. The van der Waals surface area contributed by atoms with Crippen LogP contribution in [0.2, 0.25) is 0 Å². The van der Waals surface area contributed by atoms with Crippen LogP contribution in [0.15, 0.2) is 66.9 Å². The number of rotatable bonds is 5. The molecule has 4 heterocycles. The van der Waals surface area contributed by atoms with Crippen LogP contribution in [-0.2, 0) is 19.0 Å². The van der Waals surface area contributed by atoms with E-state index in [4.69, 9.17) is 4.74 Å². The van der Waals surface area contributed by atoms with Gasteiger partial charge in [0.2, 0.25) is 0 Å². The third-order valence-corrected chi connectivity index (χ3v) is 8.32. The SMILES string of the molecule is COc1ccc2c3c(n(C)c2c1)[C@@H](CO)NCC31CCN(Cc2ccc(-c3ccccn3)cc2)CC1. The quantitative estimate of drug-likeness (QED) is 0.441. The molecule has 6 nitrogen and oxygen atoms in total. The number of fused-ring (bicyclic) bond motifs is 4. The molecule has 2 N–H and O–H groups in total. The number of hydrogen-bond acceptors (Lipinski definition) is 5. The predicted molar refractivity (Wildman–Crippen MR) is 143 cm³/mol. The van der Waals surface area contributed by atoms with Gasteiger partial charge in [0.05, 0.1) is 31.0 Å². The fourth-order valence-electron chi connectivity index (χ4n) is 6.32. The zero-order chi connectivity index (χ0) is 24.7. The van der Waals surface area contributed by atoms with Gasteiger partial charge in [0.1, 0.15) is 5.75 Å². The second-order valence-electron chi connectivity index (χ2n) is 10.3. The Morgan fingerprint density at radius 1 is 1.08 bits per heavy atom. The maximum Gasteiger partial charge on any atom is 0.120 e. The first kappa shape index (κ1) is 23.2. The van der Waals surface area contributed by atoms with Crippen molar-refractivity contribution in [3.8, 4) is 17.0 Å². The highest BCUT2D eigenvalue weighted by atomic mass is 16.5. The number of hydrogen-bond donors (Lipinski definition) is 2. The third kappa shape index (κ3) is 3.90. The summed E-state index contributed by atoms with van der Waals surface area (Å²) in [5.74, 6) is 0.867. The van der Waals surface area contributed by atoms with Crippen LogP contribution in [0.25, 0.3) is 22.2 Å². The lowest BCUT2D eigenvalue weighted by Crippen LogP contribution is -2.52. The maximum atomic E-state index is 10.2. The van der Waals surface area contributed by atoms with E-state index >= 15 is 0 Å².